The van der Waals surface area contributed by atoms with Crippen LogP contribution >= 0.6 is 0 Å². The van der Waals surface area contributed by atoms with Crippen molar-refractivity contribution in [3.63, 3.8) is 0 Å². The molecule has 22 heavy (non-hydrogen) atoms. The van der Waals surface area contributed by atoms with Gasteiger partial charge in [-0.2, -0.15) is 4.68 Å². The quantitative estimate of drug-likeness (QED) is 0.832. The highest BCUT2D eigenvalue weighted by molar-refractivity contribution is 5.73. The summed E-state index contributed by atoms with van der Waals surface area (Å²) in [5.41, 5.74) is 2.17. The molecule has 2 heterocycles. The first-order chi connectivity index (χ1) is 10.6. The topological polar surface area (TPSA) is 67.2 Å². The number of amides is 1. The third-order valence-corrected chi connectivity index (χ3v) is 4.00. The van der Waals surface area contributed by atoms with Crippen LogP contribution in [0.15, 0.2) is 24.3 Å². The number of carbonyl (C=O) groups excluding carboxylic acids is 1. The maximum absolute atomic E-state index is 11.4. The summed E-state index contributed by atoms with van der Waals surface area (Å²) >= 11 is 0. The van der Waals surface area contributed by atoms with Crippen LogP contribution in [0.3, 0.4) is 0 Å². The van der Waals surface area contributed by atoms with Gasteiger partial charge in [-0.15, -0.1) is 5.10 Å². The number of benzene rings is 1. The molecule has 0 atom stereocenters. The maximum atomic E-state index is 11.4. The Kier molecular flexibility index (Phi) is 4.15. The highest BCUT2D eigenvalue weighted by Crippen LogP contribution is 2.12. The molecular weight excluding hydrogens is 280 g/mol. The fourth-order valence-electron chi connectivity index (χ4n) is 2.61. The van der Waals surface area contributed by atoms with Crippen LogP contribution in [0.1, 0.15) is 18.3 Å². The summed E-state index contributed by atoms with van der Waals surface area (Å²) in [4.78, 5) is 15.5. The van der Waals surface area contributed by atoms with E-state index in [1.807, 2.05) is 29.2 Å². The van der Waals surface area contributed by atoms with Crippen molar-refractivity contribution in [3.8, 4) is 5.69 Å². The molecule has 0 spiro atoms. The summed E-state index contributed by atoms with van der Waals surface area (Å²) in [6, 6.07) is 8.13. The Morgan fingerprint density at radius 1 is 1.14 bits per heavy atom. The minimum atomic E-state index is 0.143. The van der Waals surface area contributed by atoms with Crippen LogP contribution in [0.25, 0.3) is 5.69 Å². The molecule has 3 rings (SSSR count). The Morgan fingerprint density at radius 2 is 1.82 bits per heavy atom. The standard InChI is InChI=1S/C15H20N6O/c1-12-3-5-14(6-4-12)21-15(16-17-18-21)11-19-7-9-20(10-8-19)13(2)22/h3-6H,7-11H2,1-2H3. The lowest BCUT2D eigenvalue weighted by Gasteiger charge is -2.33. The Bertz CT molecular complexity index is 642. The van der Waals surface area contributed by atoms with Gasteiger partial charge in [-0.3, -0.25) is 9.69 Å². The van der Waals surface area contributed by atoms with Crippen molar-refractivity contribution >= 4 is 5.91 Å². The average Bonchev–Trinajstić information content (AvgIpc) is 2.97. The first-order valence-electron chi connectivity index (χ1n) is 7.45. The van der Waals surface area contributed by atoms with Gasteiger partial charge >= 0.3 is 0 Å². The summed E-state index contributed by atoms with van der Waals surface area (Å²) in [6.07, 6.45) is 0. The fourth-order valence-corrected chi connectivity index (χ4v) is 2.61. The number of rotatable bonds is 3. The molecule has 0 radical (unpaired) electrons. The molecule has 1 amide bonds. The second kappa shape index (κ2) is 6.23. The molecule has 0 aliphatic carbocycles. The van der Waals surface area contributed by atoms with Crippen LogP contribution in [-0.2, 0) is 11.3 Å². The average molecular weight is 300 g/mol. The van der Waals surface area contributed by atoms with Gasteiger partial charge in [-0.1, -0.05) is 17.7 Å². The zero-order valence-corrected chi connectivity index (χ0v) is 12.9. The highest BCUT2D eigenvalue weighted by atomic mass is 16.2. The normalized spacial score (nSPS) is 16.0. The number of aryl methyl sites for hydroxylation is 1. The highest BCUT2D eigenvalue weighted by Gasteiger charge is 2.20. The molecule has 116 valence electrons. The van der Waals surface area contributed by atoms with E-state index in [0.717, 1.165) is 37.7 Å². The lowest BCUT2D eigenvalue weighted by molar-refractivity contribution is -0.130. The molecular formula is C15H20N6O. The van der Waals surface area contributed by atoms with E-state index in [1.165, 1.54) is 5.56 Å². The Hall–Kier alpha value is -2.28. The van der Waals surface area contributed by atoms with Crippen molar-refractivity contribution in [2.45, 2.75) is 20.4 Å². The Labute approximate surface area is 129 Å². The van der Waals surface area contributed by atoms with Crippen LogP contribution in [-0.4, -0.2) is 62.1 Å². The maximum Gasteiger partial charge on any atom is 0.219 e. The Morgan fingerprint density at radius 3 is 2.45 bits per heavy atom. The molecule has 1 aromatic carbocycles. The molecule has 0 saturated carbocycles. The zero-order chi connectivity index (χ0) is 15.5. The van der Waals surface area contributed by atoms with E-state index in [2.05, 4.69) is 27.3 Å². The first kappa shape index (κ1) is 14.6. The van der Waals surface area contributed by atoms with E-state index >= 15 is 0 Å². The molecule has 7 heteroatoms. The monoisotopic (exact) mass is 300 g/mol. The van der Waals surface area contributed by atoms with Gasteiger partial charge in [0, 0.05) is 33.1 Å². The van der Waals surface area contributed by atoms with Crippen LogP contribution in [0, 0.1) is 6.92 Å². The summed E-state index contributed by atoms with van der Waals surface area (Å²) in [6.45, 7) is 7.59. The van der Waals surface area contributed by atoms with E-state index in [-0.39, 0.29) is 5.91 Å². The van der Waals surface area contributed by atoms with E-state index in [1.54, 1.807) is 11.6 Å². The van der Waals surface area contributed by atoms with Gasteiger partial charge in [0.25, 0.3) is 0 Å². The van der Waals surface area contributed by atoms with Crippen LogP contribution in [0.2, 0.25) is 0 Å². The van der Waals surface area contributed by atoms with Gasteiger partial charge in [0.1, 0.15) is 0 Å². The molecule has 0 bridgehead atoms. The van der Waals surface area contributed by atoms with Crippen LogP contribution in [0.4, 0.5) is 0 Å². The van der Waals surface area contributed by atoms with Crippen molar-refractivity contribution in [2.75, 3.05) is 26.2 Å². The summed E-state index contributed by atoms with van der Waals surface area (Å²) in [7, 11) is 0. The van der Waals surface area contributed by atoms with E-state index in [4.69, 9.17) is 0 Å². The predicted octanol–water partition coefficient (Wildman–Crippen LogP) is 0.635. The first-order valence-corrected chi connectivity index (χ1v) is 7.45. The minimum absolute atomic E-state index is 0.143. The minimum Gasteiger partial charge on any atom is -0.340 e. The molecule has 7 nitrogen and oxygen atoms in total. The summed E-state index contributed by atoms with van der Waals surface area (Å²) in [5.74, 6) is 0.962. The van der Waals surface area contributed by atoms with Gasteiger partial charge in [0.2, 0.25) is 5.91 Å². The van der Waals surface area contributed by atoms with Crippen LogP contribution in [0.5, 0.6) is 0 Å². The lowest BCUT2D eigenvalue weighted by Crippen LogP contribution is -2.47. The lowest BCUT2D eigenvalue weighted by atomic mass is 10.2. The number of nitrogens with zero attached hydrogens (tertiary/aromatic N) is 6. The summed E-state index contributed by atoms with van der Waals surface area (Å²) < 4.78 is 1.77. The van der Waals surface area contributed by atoms with Crippen molar-refractivity contribution in [1.82, 2.24) is 30.0 Å². The second-order valence-electron chi connectivity index (χ2n) is 5.62. The van der Waals surface area contributed by atoms with E-state index < -0.39 is 0 Å². The number of tetrazole rings is 1. The largest absolute Gasteiger partial charge is 0.340 e. The fraction of sp³-hybridized carbons (Fsp3) is 0.467. The zero-order valence-electron chi connectivity index (χ0n) is 12.9. The van der Waals surface area contributed by atoms with Gasteiger partial charge < -0.3 is 4.90 Å². The molecule has 1 aromatic heterocycles. The van der Waals surface area contributed by atoms with Crippen molar-refractivity contribution < 1.29 is 4.79 Å². The predicted molar refractivity (Wildman–Crippen MR) is 81.4 cm³/mol. The number of piperazine rings is 1. The number of carbonyl (C=O) groups is 1. The van der Waals surface area contributed by atoms with E-state index in [9.17, 15) is 4.79 Å². The third-order valence-electron chi connectivity index (χ3n) is 4.00. The van der Waals surface area contributed by atoms with Gasteiger partial charge in [0.05, 0.1) is 12.2 Å². The smallest absolute Gasteiger partial charge is 0.219 e. The molecule has 1 aliphatic heterocycles. The SMILES string of the molecule is CC(=O)N1CCN(Cc2nnnn2-c2ccc(C)cc2)CC1. The second-order valence-corrected chi connectivity index (χ2v) is 5.62. The number of hydrogen-bond donors (Lipinski definition) is 0. The van der Waals surface area contributed by atoms with Crippen molar-refractivity contribution in [3.05, 3.63) is 35.7 Å². The molecule has 1 fully saturated rings. The molecule has 1 aliphatic rings. The molecule has 2 aromatic rings. The molecule has 1 saturated heterocycles. The molecule has 0 N–H and O–H groups in total. The van der Waals surface area contributed by atoms with E-state index in [0.29, 0.717) is 6.54 Å². The van der Waals surface area contributed by atoms with Crippen LogP contribution < -0.4 is 0 Å². The van der Waals surface area contributed by atoms with Gasteiger partial charge in [-0.05, 0) is 29.5 Å². The van der Waals surface area contributed by atoms with Gasteiger partial charge in [0.15, 0.2) is 5.82 Å². The molecule has 0 unspecified atom stereocenters. The van der Waals surface area contributed by atoms with Crippen molar-refractivity contribution in [2.24, 2.45) is 0 Å². The van der Waals surface area contributed by atoms with Gasteiger partial charge in [-0.25, -0.2) is 0 Å². The summed E-state index contributed by atoms with van der Waals surface area (Å²) in [5, 5.41) is 12.0. The third kappa shape index (κ3) is 3.14. The number of hydrogen-bond acceptors (Lipinski definition) is 5. The number of aromatic nitrogens is 4. The Balaban J connectivity index is 1.68. The van der Waals surface area contributed by atoms with Crippen molar-refractivity contribution in [1.29, 1.82) is 0 Å².